The lowest BCUT2D eigenvalue weighted by Crippen LogP contribution is -2.22. The zero-order chi connectivity index (χ0) is 20.1. The highest BCUT2D eigenvalue weighted by atomic mass is 35.5. The first-order chi connectivity index (χ1) is 13.5. The summed E-state index contributed by atoms with van der Waals surface area (Å²) < 4.78 is 5.71. The van der Waals surface area contributed by atoms with Gasteiger partial charge >= 0.3 is 0 Å². The predicted octanol–water partition coefficient (Wildman–Crippen LogP) is 5.49. The molecule has 0 fully saturated rings. The molecule has 0 saturated heterocycles. The molecule has 0 bridgehead atoms. The van der Waals surface area contributed by atoms with Crippen molar-refractivity contribution in [2.75, 3.05) is 4.90 Å². The Labute approximate surface area is 172 Å². The van der Waals surface area contributed by atoms with E-state index in [2.05, 4.69) is 11.9 Å². The number of aryl methyl sites for hydroxylation is 1. The summed E-state index contributed by atoms with van der Waals surface area (Å²) in [5, 5.41) is 11.7. The van der Waals surface area contributed by atoms with E-state index in [1.165, 1.54) is 23.8 Å². The number of halogens is 1. The van der Waals surface area contributed by atoms with Crippen molar-refractivity contribution >= 4 is 39.7 Å². The minimum atomic E-state index is -0.110. The van der Waals surface area contributed by atoms with Crippen LogP contribution in [0.25, 0.3) is 0 Å². The standard InChI is InChI=1S/C21H18ClN3O2S/c1-3-15-4-7-18(8-5-15)25(14(2)26)21-24-17(13-28-21)12-27-20-9-6-16(11-23)10-19(20)22/h4-10,13H,3,12H2,1-2H3. The molecule has 2 aromatic carbocycles. The molecule has 0 spiro atoms. The first kappa shape index (κ1) is 19.9. The van der Waals surface area contributed by atoms with Crippen LogP contribution in [0.2, 0.25) is 5.02 Å². The molecular formula is C21H18ClN3O2S. The van der Waals surface area contributed by atoms with Crippen LogP contribution in [-0.4, -0.2) is 10.9 Å². The van der Waals surface area contributed by atoms with Gasteiger partial charge in [-0.1, -0.05) is 30.7 Å². The number of nitrogens with zero attached hydrogens (tertiary/aromatic N) is 3. The smallest absolute Gasteiger partial charge is 0.230 e. The number of aromatic nitrogens is 1. The summed E-state index contributed by atoms with van der Waals surface area (Å²) >= 11 is 7.50. The van der Waals surface area contributed by atoms with Crippen molar-refractivity contribution in [3.05, 3.63) is 69.7 Å². The molecule has 0 radical (unpaired) electrons. The highest BCUT2D eigenvalue weighted by Gasteiger charge is 2.18. The number of nitriles is 1. The fourth-order valence-corrected chi connectivity index (χ4v) is 3.72. The monoisotopic (exact) mass is 411 g/mol. The van der Waals surface area contributed by atoms with E-state index in [-0.39, 0.29) is 12.5 Å². The summed E-state index contributed by atoms with van der Waals surface area (Å²) in [5.74, 6) is 0.370. The number of ether oxygens (including phenoxy) is 1. The zero-order valence-corrected chi connectivity index (χ0v) is 17.0. The minimum Gasteiger partial charge on any atom is -0.486 e. The molecule has 3 aromatic rings. The van der Waals surface area contributed by atoms with Crippen LogP contribution >= 0.6 is 22.9 Å². The van der Waals surface area contributed by atoms with Crippen LogP contribution in [0.15, 0.2) is 47.8 Å². The first-order valence-electron chi connectivity index (χ1n) is 8.68. The molecule has 7 heteroatoms. The Balaban J connectivity index is 1.75. The summed E-state index contributed by atoms with van der Waals surface area (Å²) in [5.41, 5.74) is 3.15. The third-order valence-electron chi connectivity index (χ3n) is 4.09. The lowest BCUT2D eigenvalue weighted by atomic mass is 10.1. The number of amides is 1. The minimum absolute atomic E-state index is 0.110. The third kappa shape index (κ3) is 4.50. The van der Waals surface area contributed by atoms with Gasteiger partial charge in [-0.05, 0) is 42.3 Å². The largest absolute Gasteiger partial charge is 0.486 e. The van der Waals surface area contributed by atoms with Crippen LogP contribution in [0.4, 0.5) is 10.8 Å². The van der Waals surface area contributed by atoms with Crippen LogP contribution in [0.3, 0.4) is 0 Å². The van der Waals surface area contributed by atoms with Gasteiger partial charge in [-0.2, -0.15) is 5.26 Å². The highest BCUT2D eigenvalue weighted by Crippen LogP contribution is 2.30. The van der Waals surface area contributed by atoms with Gasteiger partial charge in [0.1, 0.15) is 12.4 Å². The number of hydrogen-bond donors (Lipinski definition) is 0. The van der Waals surface area contributed by atoms with Gasteiger partial charge in [-0.15, -0.1) is 11.3 Å². The molecular weight excluding hydrogens is 394 g/mol. The number of benzene rings is 2. The number of rotatable bonds is 6. The van der Waals surface area contributed by atoms with Crippen molar-refractivity contribution in [3.63, 3.8) is 0 Å². The van der Waals surface area contributed by atoms with Crippen LogP contribution in [0, 0.1) is 11.3 Å². The molecule has 5 nitrogen and oxygen atoms in total. The Bertz CT molecular complexity index is 1020. The molecule has 1 aromatic heterocycles. The molecule has 0 N–H and O–H groups in total. The van der Waals surface area contributed by atoms with Crippen LogP contribution < -0.4 is 9.64 Å². The predicted molar refractivity (Wildman–Crippen MR) is 111 cm³/mol. The number of carbonyl (C=O) groups is 1. The number of anilines is 2. The molecule has 1 amide bonds. The summed E-state index contributed by atoms with van der Waals surface area (Å²) in [4.78, 5) is 18.3. The van der Waals surface area contributed by atoms with E-state index >= 15 is 0 Å². The second-order valence-corrected chi connectivity index (χ2v) is 7.29. The molecule has 0 aliphatic rings. The Morgan fingerprint density at radius 2 is 2.04 bits per heavy atom. The summed E-state index contributed by atoms with van der Waals surface area (Å²) in [6.07, 6.45) is 0.941. The number of thiazole rings is 1. The fraction of sp³-hybridized carbons (Fsp3) is 0.190. The van der Waals surface area contributed by atoms with E-state index in [9.17, 15) is 4.79 Å². The van der Waals surface area contributed by atoms with Crippen molar-refractivity contribution in [3.8, 4) is 11.8 Å². The average Bonchev–Trinajstić information content (AvgIpc) is 3.15. The molecule has 1 heterocycles. The van der Waals surface area contributed by atoms with E-state index in [1.807, 2.05) is 35.7 Å². The van der Waals surface area contributed by atoms with Gasteiger partial charge in [-0.3, -0.25) is 9.69 Å². The average molecular weight is 412 g/mol. The second-order valence-electron chi connectivity index (χ2n) is 6.04. The molecule has 0 atom stereocenters. The Morgan fingerprint density at radius 3 is 2.64 bits per heavy atom. The van der Waals surface area contributed by atoms with E-state index in [0.717, 1.165) is 12.1 Å². The van der Waals surface area contributed by atoms with Gasteiger partial charge in [0.2, 0.25) is 5.91 Å². The Hall–Kier alpha value is -2.88. The Kier molecular flexibility index (Phi) is 6.30. The number of hydrogen-bond acceptors (Lipinski definition) is 5. The van der Waals surface area contributed by atoms with Crippen LogP contribution in [0.5, 0.6) is 5.75 Å². The maximum absolute atomic E-state index is 12.2. The molecule has 142 valence electrons. The molecule has 3 rings (SSSR count). The van der Waals surface area contributed by atoms with E-state index < -0.39 is 0 Å². The number of carbonyl (C=O) groups excluding carboxylic acids is 1. The highest BCUT2D eigenvalue weighted by molar-refractivity contribution is 7.14. The van der Waals surface area contributed by atoms with Crippen molar-refractivity contribution < 1.29 is 9.53 Å². The van der Waals surface area contributed by atoms with E-state index in [4.69, 9.17) is 21.6 Å². The van der Waals surface area contributed by atoms with Crippen molar-refractivity contribution in [1.82, 2.24) is 4.98 Å². The fourth-order valence-electron chi connectivity index (χ4n) is 2.61. The summed E-state index contributed by atoms with van der Waals surface area (Å²) in [7, 11) is 0. The van der Waals surface area contributed by atoms with Crippen molar-refractivity contribution in [1.29, 1.82) is 5.26 Å². The molecule has 0 aliphatic carbocycles. The van der Waals surface area contributed by atoms with Gasteiger partial charge in [0.15, 0.2) is 5.13 Å². The topological polar surface area (TPSA) is 66.2 Å². The lowest BCUT2D eigenvalue weighted by molar-refractivity contribution is -0.115. The Morgan fingerprint density at radius 1 is 1.29 bits per heavy atom. The molecule has 0 saturated carbocycles. The third-order valence-corrected chi connectivity index (χ3v) is 5.26. The van der Waals surface area contributed by atoms with Crippen LogP contribution in [0.1, 0.15) is 30.7 Å². The maximum atomic E-state index is 12.2. The second kappa shape index (κ2) is 8.87. The van der Waals surface area contributed by atoms with E-state index in [1.54, 1.807) is 23.1 Å². The lowest BCUT2D eigenvalue weighted by Gasteiger charge is -2.18. The first-order valence-corrected chi connectivity index (χ1v) is 9.94. The quantitative estimate of drug-likeness (QED) is 0.537. The zero-order valence-electron chi connectivity index (χ0n) is 15.5. The van der Waals surface area contributed by atoms with Gasteiger partial charge < -0.3 is 4.74 Å². The van der Waals surface area contributed by atoms with Gasteiger partial charge in [0.25, 0.3) is 0 Å². The molecule has 0 unspecified atom stereocenters. The summed E-state index contributed by atoms with van der Waals surface area (Å²) in [6, 6.07) is 14.8. The van der Waals surface area contributed by atoms with E-state index in [0.29, 0.717) is 27.2 Å². The normalized spacial score (nSPS) is 10.4. The SMILES string of the molecule is CCc1ccc(N(C(C)=O)c2nc(COc3ccc(C#N)cc3Cl)cs2)cc1. The van der Waals surface area contributed by atoms with Gasteiger partial charge in [0.05, 0.1) is 28.0 Å². The molecule has 0 aliphatic heterocycles. The summed E-state index contributed by atoms with van der Waals surface area (Å²) in [6.45, 7) is 3.81. The van der Waals surface area contributed by atoms with Crippen LogP contribution in [-0.2, 0) is 17.8 Å². The van der Waals surface area contributed by atoms with Gasteiger partial charge in [-0.25, -0.2) is 4.98 Å². The van der Waals surface area contributed by atoms with Gasteiger partial charge in [0, 0.05) is 12.3 Å². The molecule has 28 heavy (non-hydrogen) atoms. The maximum Gasteiger partial charge on any atom is 0.230 e. The van der Waals surface area contributed by atoms with Crippen molar-refractivity contribution in [2.24, 2.45) is 0 Å². The van der Waals surface area contributed by atoms with Crippen molar-refractivity contribution in [2.45, 2.75) is 26.9 Å².